The summed E-state index contributed by atoms with van der Waals surface area (Å²) >= 11 is 0. The van der Waals surface area contributed by atoms with Crippen LogP contribution in [0.15, 0.2) is 41.0 Å². The largest absolute Gasteiger partial charge is 0.493 e. The van der Waals surface area contributed by atoms with Gasteiger partial charge in [0, 0.05) is 5.56 Å². The van der Waals surface area contributed by atoms with E-state index in [0.717, 1.165) is 10.5 Å². The fourth-order valence-electron chi connectivity index (χ4n) is 2.42. The Morgan fingerprint density at radius 3 is 2.65 bits per heavy atom. The summed E-state index contributed by atoms with van der Waals surface area (Å²) in [5.74, 6) is 0.673. The summed E-state index contributed by atoms with van der Waals surface area (Å²) in [6.45, 7) is 3.27. The SMILES string of the molecule is CCOc1ccc(C[NH+](C)CC(=O)NNC(=O)c2ccco2)cc1OC. The second-order valence-electron chi connectivity index (χ2n) is 5.71. The number of benzene rings is 1. The van der Waals surface area contributed by atoms with Crippen molar-refractivity contribution in [1.29, 1.82) is 0 Å². The van der Waals surface area contributed by atoms with Gasteiger partial charge in [0.05, 0.1) is 27.0 Å². The van der Waals surface area contributed by atoms with Gasteiger partial charge in [-0.1, -0.05) is 0 Å². The Balaban J connectivity index is 1.83. The molecule has 2 aromatic rings. The van der Waals surface area contributed by atoms with Crippen LogP contribution in [-0.4, -0.2) is 39.1 Å². The predicted molar refractivity (Wildman–Crippen MR) is 93.9 cm³/mol. The first-order chi connectivity index (χ1) is 12.5. The minimum atomic E-state index is -0.503. The standard InChI is InChI=1S/C18H23N3O5/c1-4-25-14-8-7-13(10-16(14)24-3)11-21(2)12-17(22)19-20-18(23)15-6-5-9-26-15/h5-10H,4,11-12H2,1-3H3,(H,19,22)(H,20,23)/p+1. The van der Waals surface area contributed by atoms with Gasteiger partial charge >= 0.3 is 5.91 Å². The highest BCUT2D eigenvalue weighted by Crippen LogP contribution is 2.27. The van der Waals surface area contributed by atoms with Gasteiger partial charge in [0.2, 0.25) is 0 Å². The van der Waals surface area contributed by atoms with E-state index in [1.807, 2.05) is 32.2 Å². The Morgan fingerprint density at radius 2 is 2.00 bits per heavy atom. The van der Waals surface area contributed by atoms with Gasteiger partial charge < -0.3 is 18.8 Å². The molecular weight excluding hydrogens is 338 g/mol. The van der Waals surface area contributed by atoms with E-state index < -0.39 is 5.91 Å². The van der Waals surface area contributed by atoms with Crippen LogP contribution in [0.3, 0.4) is 0 Å². The lowest BCUT2D eigenvalue weighted by Gasteiger charge is -2.15. The van der Waals surface area contributed by atoms with E-state index in [9.17, 15) is 9.59 Å². The summed E-state index contributed by atoms with van der Waals surface area (Å²) in [7, 11) is 3.48. The van der Waals surface area contributed by atoms with Gasteiger partial charge in [-0.25, -0.2) is 0 Å². The zero-order valence-electron chi connectivity index (χ0n) is 15.1. The zero-order valence-corrected chi connectivity index (χ0v) is 15.1. The maximum atomic E-state index is 12.0. The van der Waals surface area contributed by atoms with Crippen LogP contribution in [0.5, 0.6) is 11.5 Å². The van der Waals surface area contributed by atoms with Crippen LogP contribution in [0.25, 0.3) is 0 Å². The topological polar surface area (TPSA) is 94.2 Å². The van der Waals surface area contributed by atoms with Gasteiger partial charge in [0.25, 0.3) is 5.91 Å². The molecule has 1 heterocycles. The molecule has 0 spiro atoms. The molecule has 0 fully saturated rings. The Labute approximate surface area is 152 Å². The van der Waals surface area contributed by atoms with Gasteiger partial charge in [-0.15, -0.1) is 0 Å². The van der Waals surface area contributed by atoms with Crippen LogP contribution in [0.4, 0.5) is 0 Å². The van der Waals surface area contributed by atoms with Crippen molar-refractivity contribution in [3.05, 3.63) is 47.9 Å². The van der Waals surface area contributed by atoms with Crippen LogP contribution in [0, 0.1) is 0 Å². The fraction of sp³-hybridized carbons (Fsp3) is 0.333. The molecule has 140 valence electrons. The van der Waals surface area contributed by atoms with E-state index in [4.69, 9.17) is 13.9 Å². The first-order valence-corrected chi connectivity index (χ1v) is 8.27. The fourth-order valence-corrected chi connectivity index (χ4v) is 2.42. The molecule has 0 aliphatic carbocycles. The van der Waals surface area contributed by atoms with Crippen LogP contribution < -0.4 is 25.2 Å². The number of hydrazine groups is 1. The van der Waals surface area contributed by atoms with Crippen molar-refractivity contribution in [3.63, 3.8) is 0 Å². The van der Waals surface area contributed by atoms with Crippen LogP contribution in [-0.2, 0) is 11.3 Å². The first kappa shape index (κ1) is 19.3. The number of hydrogen-bond donors (Lipinski definition) is 3. The number of carbonyl (C=O) groups is 2. The smallest absolute Gasteiger partial charge is 0.305 e. The molecule has 26 heavy (non-hydrogen) atoms. The van der Waals surface area contributed by atoms with E-state index in [1.165, 1.54) is 12.3 Å². The quantitative estimate of drug-likeness (QED) is 0.582. The van der Waals surface area contributed by atoms with Gasteiger partial charge in [0.15, 0.2) is 23.8 Å². The molecule has 0 radical (unpaired) electrons. The number of furan rings is 1. The van der Waals surface area contributed by atoms with Crippen molar-refractivity contribution in [2.45, 2.75) is 13.5 Å². The molecule has 1 aromatic carbocycles. The summed E-state index contributed by atoms with van der Waals surface area (Å²) < 4.78 is 15.8. The Kier molecular flexibility index (Phi) is 7.04. The van der Waals surface area contributed by atoms with Crippen molar-refractivity contribution < 1.29 is 28.4 Å². The average molecular weight is 362 g/mol. The second kappa shape index (κ2) is 9.47. The van der Waals surface area contributed by atoms with Crippen molar-refractivity contribution in [2.75, 3.05) is 27.3 Å². The number of carbonyl (C=O) groups excluding carboxylic acids is 2. The summed E-state index contributed by atoms with van der Waals surface area (Å²) in [5.41, 5.74) is 5.69. The number of hydrogen-bond acceptors (Lipinski definition) is 5. The molecule has 0 aliphatic heterocycles. The lowest BCUT2D eigenvalue weighted by molar-refractivity contribution is -0.885. The third kappa shape index (κ3) is 5.52. The highest BCUT2D eigenvalue weighted by Gasteiger charge is 2.14. The van der Waals surface area contributed by atoms with E-state index in [2.05, 4.69) is 10.9 Å². The molecule has 0 bridgehead atoms. The molecule has 0 saturated carbocycles. The number of likely N-dealkylation sites (N-methyl/N-ethyl adjacent to an activating group) is 1. The first-order valence-electron chi connectivity index (χ1n) is 8.27. The highest BCUT2D eigenvalue weighted by atomic mass is 16.5. The molecule has 2 rings (SSSR count). The average Bonchev–Trinajstić information content (AvgIpc) is 3.15. The molecule has 1 unspecified atom stereocenters. The number of nitrogens with one attached hydrogen (secondary N) is 3. The van der Waals surface area contributed by atoms with E-state index >= 15 is 0 Å². The van der Waals surface area contributed by atoms with E-state index in [1.54, 1.807) is 13.2 Å². The van der Waals surface area contributed by atoms with Gasteiger partial charge in [-0.3, -0.25) is 20.4 Å². The molecule has 1 atom stereocenters. The third-order valence-electron chi connectivity index (χ3n) is 3.56. The molecular formula is C18H24N3O5+. The Morgan fingerprint density at radius 1 is 1.19 bits per heavy atom. The number of rotatable bonds is 8. The van der Waals surface area contributed by atoms with Crippen molar-refractivity contribution in [2.24, 2.45) is 0 Å². The number of ether oxygens (including phenoxy) is 2. The second-order valence-corrected chi connectivity index (χ2v) is 5.71. The van der Waals surface area contributed by atoms with Crippen LogP contribution in [0.1, 0.15) is 23.0 Å². The van der Waals surface area contributed by atoms with Crippen LogP contribution >= 0.6 is 0 Å². The van der Waals surface area contributed by atoms with Crippen molar-refractivity contribution >= 4 is 11.8 Å². The summed E-state index contributed by atoms with van der Waals surface area (Å²) in [6.07, 6.45) is 1.39. The van der Waals surface area contributed by atoms with Gasteiger partial charge in [-0.05, 0) is 37.3 Å². The summed E-state index contributed by atoms with van der Waals surface area (Å²) in [6, 6.07) is 8.80. The number of methoxy groups -OCH3 is 1. The maximum Gasteiger partial charge on any atom is 0.305 e. The Bertz CT molecular complexity index is 730. The monoisotopic (exact) mass is 362 g/mol. The molecule has 3 N–H and O–H groups in total. The molecule has 2 amide bonds. The molecule has 0 saturated heterocycles. The summed E-state index contributed by atoms with van der Waals surface area (Å²) in [4.78, 5) is 24.6. The Hall–Kier alpha value is -3.00. The molecule has 8 nitrogen and oxygen atoms in total. The zero-order chi connectivity index (χ0) is 18.9. The molecule has 1 aromatic heterocycles. The van der Waals surface area contributed by atoms with Crippen LogP contribution in [0.2, 0.25) is 0 Å². The minimum Gasteiger partial charge on any atom is -0.493 e. The van der Waals surface area contributed by atoms with Gasteiger partial charge in [0.1, 0.15) is 6.54 Å². The number of amides is 2. The predicted octanol–water partition coefficient (Wildman–Crippen LogP) is 0.163. The highest BCUT2D eigenvalue weighted by molar-refractivity contribution is 5.92. The van der Waals surface area contributed by atoms with Crippen molar-refractivity contribution in [1.82, 2.24) is 10.9 Å². The molecule has 8 heteroatoms. The lowest BCUT2D eigenvalue weighted by atomic mass is 10.2. The maximum absolute atomic E-state index is 12.0. The third-order valence-corrected chi connectivity index (χ3v) is 3.56. The molecule has 0 aliphatic rings. The summed E-state index contributed by atoms with van der Waals surface area (Å²) in [5, 5.41) is 0. The normalized spacial score (nSPS) is 11.5. The van der Waals surface area contributed by atoms with E-state index in [0.29, 0.717) is 24.7 Å². The number of quaternary nitrogens is 1. The van der Waals surface area contributed by atoms with Gasteiger partial charge in [-0.2, -0.15) is 0 Å². The lowest BCUT2D eigenvalue weighted by Crippen LogP contribution is -3.09. The minimum absolute atomic E-state index is 0.132. The van der Waals surface area contributed by atoms with E-state index in [-0.39, 0.29) is 18.2 Å². The van der Waals surface area contributed by atoms with Crippen molar-refractivity contribution in [3.8, 4) is 11.5 Å².